The highest BCUT2D eigenvalue weighted by Crippen LogP contribution is 2.32. The number of ether oxygens (including phenoxy) is 2. The van der Waals surface area contributed by atoms with Crippen LogP contribution in [0.2, 0.25) is 5.15 Å². The minimum Gasteiger partial charge on any atom is -0.443 e. The van der Waals surface area contributed by atoms with Gasteiger partial charge in [0.15, 0.2) is 0 Å². The van der Waals surface area contributed by atoms with Gasteiger partial charge in [-0.15, -0.1) is 0 Å². The number of alkyl halides is 1. The maximum Gasteiger partial charge on any atom is 0.506 e. The maximum atomic E-state index is 12.4. The molecule has 0 fully saturated rings. The van der Waals surface area contributed by atoms with E-state index in [0.717, 1.165) is 105 Å². The second-order valence-electron chi connectivity index (χ2n) is 24.9. The number of carbonyl (C=O) groups excluding carboxylic acids is 2. The molecule has 0 saturated carbocycles. The van der Waals surface area contributed by atoms with Crippen molar-refractivity contribution >= 4 is 219 Å². The van der Waals surface area contributed by atoms with E-state index in [-0.39, 0.29) is 30.7 Å². The number of nitrogens with two attached hydrogens (primary N) is 1. The number of halogens is 7. The molecule has 0 aliphatic heterocycles. The van der Waals surface area contributed by atoms with E-state index in [1.54, 1.807) is 71.1 Å². The van der Waals surface area contributed by atoms with Crippen LogP contribution < -0.4 is 38.3 Å². The number of fused-ring (bicyclic) bond motifs is 6. The van der Waals surface area contributed by atoms with Gasteiger partial charge in [-0.2, -0.15) is 0 Å². The first-order valence-electron chi connectivity index (χ1n) is 33.6. The van der Waals surface area contributed by atoms with E-state index < -0.39 is 31.6 Å². The SMILES string of the molecule is C.CC(C)(C)OC(=O)n1cccc1B(O)O.CN(C)c1nccc2cc(Br)ccc12.CN=P.CNc1nccc2cc(-c3cccn3C(=O)OC(C)(C)C)ccc12.CNc1nccc2cc(Br)ccc12.CNc1nccc2cc(Br)ccc12.Clc1nccc2cc(Br)ccc12.N.Nc1nccc2cc(Br)ccc12.O.[2H]CF. The third-order valence-corrected chi connectivity index (χ3v) is 17.5. The Morgan fingerprint density at radius 1 is 0.541 bits per heavy atom. The average Bonchev–Trinajstić information content (AvgIpc) is 1.48. The van der Waals surface area contributed by atoms with Gasteiger partial charge in [0, 0.05) is 147 Å². The molecule has 14 aromatic rings. The molecule has 6 aromatic carbocycles. The Morgan fingerprint density at radius 2 is 0.865 bits per heavy atom. The monoisotopic (exact) mass is 1870 g/mol. The molecular weight excluding hydrogens is 1780 g/mol. The fourth-order valence-electron chi connectivity index (χ4n) is 10.2. The average molecular weight is 1870 g/mol. The quantitative estimate of drug-likeness (QED) is 0.0462. The minimum absolute atomic E-state index is 0. The first kappa shape index (κ1) is 94.3. The van der Waals surface area contributed by atoms with Crippen molar-refractivity contribution in [2.45, 2.75) is 60.2 Å². The number of pyridine rings is 6. The highest BCUT2D eigenvalue weighted by molar-refractivity contribution is 9.11. The molecule has 8 heterocycles. The summed E-state index contributed by atoms with van der Waals surface area (Å²) in [5.74, 6) is 4.27. The number of hydrogen-bond donors (Lipinski definition) is 7. The van der Waals surface area contributed by atoms with Crippen LogP contribution in [0.5, 0.6) is 0 Å². The summed E-state index contributed by atoms with van der Waals surface area (Å²) in [6, 6.07) is 55.0. The third kappa shape index (κ3) is 28.9. The van der Waals surface area contributed by atoms with E-state index in [9.17, 15) is 14.0 Å². The van der Waals surface area contributed by atoms with Gasteiger partial charge in [-0.3, -0.25) is 18.3 Å². The standard InChI is InChI=1S/C19H21N3O2.C11H11BrN2.2C10H9BrN2.C9H14BNO4.C9H5BrClN.C9H7BrN2.CH3F.CH4NP.CH4.H3N.H2O/c1-19(2,3)24-18(23)22-11-5-6-16(22)14-7-8-15-13(12-14)9-10-21-17(15)20-4;1-14(2)11-10-4-3-9(12)7-8(10)5-6-13-11;2*1-12-10-9-3-2-8(11)6-7(9)4-5-13-10;1-9(2,3)15-8(12)11-6-4-5-7(11)10(13)14;2*10-7-1-2-8-6(5-7)3-4-12-9(8)11;1-2;1-2-3;;;/h5-12H,1-4H3,(H,20,21);3-7H,1-2H3;2*2-6H,1H3,(H,12,13);4-6,13-14H,1-3H3;1-5H;1-5H,(H2,11,12);1H3;3H,1H3;1H4;1H3;1H2/i;;;;;;;1D;;;;. The van der Waals surface area contributed by atoms with Crippen molar-refractivity contribution in [1.29, 1.82) is 0 Å². The zero-order valence-corrected chi connectivity index (χ0v) is 72.2. The molecule has 8 aromatic heterocycles. The van der Waals surface area contributed by atoms with Crippen LogP contribution in [-0.4, -0.2) is 135 Å². The van der Waals surface area contributed by atoms with E-state index in [1.807, 2.05) is 188 Å². The van der Waals surface area contributed by atoms with E-state index >= 15 is 0 Å². The van der Waals surface area contributed by atoms with Gasteiger partial charge in [0.2, 0.25) is 0 Å². The molecule has 14 rings (SSSR count). The van der Waals surface area contributed by atoms with Crippen molar-refractivity contribution in [2.24, 2.45) is 4.74 Å². The third-order valence-electron chi connectivity index (χ3n) is 14.8. The van der Waals surface area contributed by atoms with Crippen LogP contribution in [0.4, 0.5) is 43.1 Å². The Kier molecular flexibility index (Phi) is 39.6. The Bertz CT molecular complexity index is 5190. The normalized spacial score (nSPS) is 10.3. The van der Waals surface area contributed by atoms with Gasteiger partial charge in [-0.05, 0) is 246 Å². The van der Waals surface area contributed by atoms with Crippen LogP contribution >= 0.6 is 100 Å². The van der Waals surface area contributed by atoms with Gasteiger partial charge in [0.25, 0.3) is 0 Å². The molecule has 586 valence electrons. The van der Waals surface area contributed by atoms with Crippen LogP contribution in [0.3, 0.4) is 0 Å². The zero-order valence-electron chi connectivity index (χ0n) is 63.5. The van der Waals surface area contributed by atoms with Gasteiger partial charge in [0.05, 0.1) is 19.8 Å². The van der Waals surface area contributed by atoms with E-state index in [2.05, 4.69) is 176 Å². The largest absolute Gasteiger partial charge is 0.506 e. The fourth-order valence-corrected chi connectivity index (χ4v) is 12.3. The van der Waals surface area contributed by atoms with Gasteiger partial charge < -0.3 is 57.7 Å². The molecule has 0 bridgehead atoms. The number of nitrogen functional groups attached to an aromatic ring is 1. The first-order valence-corrected chi connectivity index (χ1v) is 37.7. The molecule has 0 aliphatic rings. The lowest BCUT2D eigenvalue weighted by molar-refractivity contribution is 0.0529. The van der Waals surface area contributed by atoms with Crippen LogP contribution in [0, 0.1) is 0 Å². The highest BCUT2D eigenvalue weighted by Gasteiger charge is 2.24. The van der Waals surface area contributed by atoms with Crippen molar-refractivity contribution in [1.82, 2.24) is 45.2 Å². The predicted molar refractivity (Wildman–Crippen MR) is 481 cm³/mol. The summed E-state index contributed by atoms with van der Waals surface area (Å²) >= 11 is 23.0. The summed E-state index contributed by atoms with van der Waals surface area (Å²) in [6.07, 6.45) is 12.8. The Labute approximate surface area is 698 Å². The number of nitrogens with zero attached hydrogens (tertiary/aromatic N) is 10. The van der Waals surface area contributed by atoms with Gasteiger partial charge >= 0.3 is 19.3 Å². The van der Waals surface area contributed by atoms with Crippen LogP contribution in [0.1, 0.15) is 50.3 Å². The number of hydrogen-bond acceptors (Lipinski definition) is 19. The van der Waals surface area contributed by atoms with Crippen molar-refractivity contribution in [3.8, 4) is 11.3 Å². The first-order chi connectivity index (χ1) is 51.9. The molecular formula is C80H92BBr5ClFN15O7P. The minimum atomic E-state index is -1.69. The molecule has 0 aliphatic carbocycles. The molecule has 0 radical (unpaired) electrons. The molecule has 0 saturated heterocycles. The molecule has 31 heteroatoms. The summed E-state index contributed by atoms with van der Waals surface area (Å²) in [5, 5.41) is 41.1. The lowest BCUT2D eigenvalue weighted by Crippen LogP contribution is -2.40. The maximum absolute atomic E-state index is 12.4. The van der Waals surface area contributed by atoms with Crippen molar-refractivity contribution in [3.05, 3.63) is 247 Å². The number of benzene rings is 6. The molecule has 12 N–H and O–H groups in total. The van der Waals surface area contributed by atoms with Crippen LogP contribution in [0.25, 0.3) is 75.9 Å². The second-order valence-corrected chi connectivity index (χ2v) is 30.3. The van der Waals surface area contributed by atoms with Crippen molar-refractivity contribution in [2.75, 3.05) is 76.0 Å². The van der Waals surface area contributed by atoms with Crippen molar-refractivity contribution in [3.63, 3.8) is 0 Å². The van der Waals surface area contributed by atoms with Gasteiger partial charge in [-0.1, -0.05) is 111 Å². The van der Waals surface area contributed by atoms with E-state index in [1.165, 1.54) is 38.4 Å². The number of aromatic nitrogens is 8. The summed E-state index contributed by atoms with van der Waals surface area (Å²) in [5.41, 5.74) is 6.37. The summed E-state index contributed by atoms with van der Waals surface area (Å²) in [4.78, 5) is 51.1. The molecule has 0 spiro atoms. The smallest absolute Gasteiger partial charge is 0.443 e. The Morgan fingerprint density at radius 3 is 1.28 bits per heavy atom. The lowest BCUT2D eigenvalue weighted by atomic mass is 9.86. The van der Waals surface area contributed by atoms with Crippen LogP contribution in [-0.2, 0) is 9.47 Å². The summed E-state index contributed by atoms with van der Waals surface area (Å²) in [7, 11) is 11.4. The highest BCUT2D eigenvalue weighted by atomic mass is 79.9. The topological polar surface area (TPSA) is 324 Å². The van der Waals surface area contributed by atoms with Gasteiger partial charge in [0.1, 0.15) is 45.4 Å². The summed E-state index contributed by atoms with van der Waals surface area (Å²) in [6.45, 7) is 10.8. The fraction of sp³-hybridized carbons (Fsp3) is 0.200. The number of rotatable bonds is 6. The van der Waals surface area contributed by atoms with E-state index in [0.29, 0.717) is 11.0 Å². The molecule has 111 heavy (non-hydrogen) atoms. The van der Waals surface area contributed by atoms with Crippen LogP contribution in [0.15, 0.2) is 247 Å². The second kappa shape index (κ2) is 46.7. The Balaban J connectivity index is 0.000000337. The Hall–Kier alpha value is -9.10. The summed E-state index contributed by atoms with van der Waals surface area (Å²) < 4.78 is 37.3. The van der Waals surface area contributed by atoms with Crippen molar-refractivity contribution < 1.29 is 40.3 Å². The molecule has 22 nitrogen and oxygen atoms in total. The van der Waals surface area contributed by atoms with E-state index in [4.69, 9.17) is 38.2 Å². The molecule has 0 atom stereocenters. The number of anilines is 5. The number of carbonyl (C=O) groups is 2. The predicted octanol–water partition coefficient (Wildman–Crippen LogP) is 21.4. The lowest BCUT2D eigenvalue weighted by Gasteiger charge is -2.20. The number of nitrogens with one attached hydrogen (secondary N) is 3. The van der Waals surface area contributed by atoms with Gasteiger partial charge in [-0.25, -0.2) is 39.5 Å². The zero-order chi connectivity index (χ0) is 80.1. The molecule has 0 unspecified atom stereocenters. The molecule has 0 amide bonds.